The zero-order valence-electron chi connectivity index (χ0n) is 6.37. The van der Waals surface area contributed by atoms with Crippen LogP contribution in [-0.4, -0.2) is 18.2 Å². The average molecular weight is 231 g/mol. The summed E-state index contributed by atoms with van der Waals surface area (Å²) in [5.74, 6) is 0.463. The predicted octanol–water partition coefficient (Wildman–Crippen LogP) is 2.02. The van der Waals surface area contributed by atoms with Crippen molar-refractivity contribution in [2.45, 2.75) is 0 Å². The smallest absolute Gasteiger partial charge is 0.412 e. The number of ether oxygens (including phenoxy) is 1. The highest BCUT2D eigenvalue weighted by Crippen LogP contribution is 2.10. The largest absolute Gasteiger partial charge is 0.453 e. The zero-order valence-corrected chi connectivity index (χ0v) is 7.96. The maximum atomic E-state index is 10.7. The van der Waals surface area contributed by atoms with Gasteiger partial charge in [0.05, 0.1) is 7.11 Å². The molecule has 1 aromatic heterocycles. The van der Waals surface area contributed by atoms with Gasteiger partial charge in [-0.25, -0.2) is 9.78 Å². The first kappa shape index (κ1) is 8.99. The normalized spacial score (nSPS) is 9.17. The second-order valence-corrected chi connectivity index (χ2v) is 2.89. The summed E-state index contributed by atoms with van der Waals surface area (Å²) in [7, 11) is 1.30. The molecular weight excluding hydrogens is 224 g/mol. The number of halogens is 1. The summed E-state index contributed by atoms with van der Waals surface area (Å²) in [6, 6.07) is 3.44. The average Bonchev–Trinajstić information content (AvgIpc) is 2.09. The number of rotatable bonds is 1. The Kier molecular flexibility index (Phi) is 3.04. The highest BCUT2D eigenvalue weighted by Gasteiger charge is 1.99. The molecule has 0 spiro atoms. The molecule has 0 aliphatic carbocycles. The van der Waals surface area contributed by atoms with Crippen molar-refractivity contribution in [3.05, 3.63) is 22.8 Å². The lowest BCUT2D eigenvalue weighted by Gasteiger charge is -2.01. The van der Waals surface area contributed by atoms with E-state index in [2.05, 4.69) is 31.0 Å². The Hall–Kier alpha value is -1.10. The van der Waals surface area contributed by atoms with Crippen LogP contribution in [0.5, 0.6) is 0 Å². The van der Waals surface area contributed by atoms with Gasteiger partial charge in [0.1, 0.15) is 5.82 Å². The fraction of sp³-hybridized carbons (Fsp3) is 0.143. The maximum Gasteiger partial charge on any atom is 0.412 e. The van der Waals surface area contributed by atoms with Gasteiger partial charge in [-0.2, -0.15) is 0 Å². The van der Waals surface area contributed by atoms with Crippen molar-refractivity contribution < 1.29 is 9.53 Å². The van der Waals surface area contributed by atoms with Crippen LogP contribution in [-0.2, 0) is 4.74 Å². The lowest BCUT2D eigenvalue weighted by molar-refractivity contribution is 0.187. The second kappa shape index (κ2) is 4.06. The lowest BCUT2D eigenvalue weighted by Crippen LogP contribution is -2.11. The molecule has 1 heterocycles. The van der Waals surface area contributed by atoms with Gasteiger partial charge in [0.2, 0.25) is 0 Å². The van der Waals surface area contributed by atoms with Crippen molar-refractivity contribution in [3.63, 3.8) is 0 Å². The monoisotopic (exact) mass is 230 g/mol. The molecule has 0 aromatic carbocycles. The van der Waals surface area contributed by atoms with Gasteiger partial charge in [-0.3, -0.25) is 5.32 Å². The van der Waals surface area contributed by atoms with Crippen LogP contribution in [0.25, 0.3) is 0 Å². The van der Waals surface area contributed by atoms with E-state index in [1.807, 2.05) is 0 Å². The molecule has 0 saturated heterocycles. The Morgan fingerprint density at radius 1 is 1.67 bits per heavy atom. The molecule has 0 bridgehead atoms. The molecule has 0 aliphatic rings. The molecule has 0 aliphatic heterocycles. The molecule has 12 heavy (non-hydrogen) atoms. The van der Waals surface area contributed by atoms with E-state index in [0.29, 0.717) is 5.82 Å². The Morgan fingerprint density at radius 3 is 2.92 bits per heavy atom. The summed E-state index contributed by atoms with van der Waals surface area (Å²) in [5.41, 5.74) is 0. The molecule has 0 unspecified atom stereocenters. The Morgan fingerprint density at radius 2 is 2.42 bits per heavy atom. The molecule has 4 nitrogen and oxygen atoms in total. The topological polar surface area (TPSA) is 51.2 Å². The molecule has 0 radical (unpaired) electrons. The molecule has 1 rings (SSSR count). The Balaban J connectivity index is 2.64. The number of nitrogens with zero attached hydrogens (tertiary/aromatic N) is 1. The van der Waals surface area contributed by atoms with Gasteiger partial charge in [0.25, 0.3) is 0 Å². The maximum absolute atomic E-state index is 10.7. The SMILES string of the molecule is COC(=O)Nc1ccc(Br)cn1. The summed E-state index contributed by atoms with van der Waals surface area (Å²) in [6.07, 6.45) is 1.07. The molecule has 0 atom stereocenters. The second-order valence-electron chi connectivity index (χ2n) is 1.98. The molecule has 0 fully saturated rings. The minimum atomic E-state index is -0.523. The number of aromatic nitrogens is 1. The first-order valence-corrected chi connectivity index (χ1v) is 3.98. The number of pyridine rings is 1. The number of anilines is 1. The fourth-order valence-corrected chi connectivity index (χ4v) is 0.840. The molecule has 1 N–H and O–H groups in total. The number of nitrogens with one attached hydrogen (secondary N) is 1. The first-order chi connectivity index (χ1) is 5.72. The highest BCUT2D eigenvalue weighted by atomic mass is 79.9. The number of carbonyl (C=O) groups is 1. The van der Waals surface area contributed by atoms with E-state index in [1.165, 1.54) is 7.11 Å². The summed E-state index contributed by atoms with van der Waals surface area (Å²) in [4.78, 5) is 14.6. The van der Waals surface area contributed by atoms with E-state index in [9.17, 15) is 4.79 Å². The number of methoxy groups -OCH3 is 1. The first-order valence-electron chi connectivity index (χ1n) is 3.19. The van der Waals surface area contributed by atoms with Crippen LogP contribution in [0.4, 0.5) is 10.6 Å². The van der Waals surface area contributed by atoms with Crippen LogP contribution in [0.3, 0.4) is 0 Å². The number of hydrogen-bond donors (Lipinski definition) is 1. The third-order valence-electron chi connectivity index (χ3n) is 1.14. The van der Waals surface area contributed by atoms with Gasteiger partial charge in [0.15, 0.2) is 0 Å². The lowest BCUT2D eigenvalue weighted by atomic mass is 10.5. The number of amides is 1. The van der Waals surface area contributed by atoms with E-state index < -0.39 is 6.09 Å². The standard InChI is InChI=1S/C7H7BrN2O2/c1-12-7(11)10-6-3-2-5(8)4-9-6/h2-4H,1H3,(H,9,10,11). The van der Waals surface area contributed by atoms with Crippen LogP contribution < -0.4 is 5.32 Å². The van der Waals surface area contributed by atoms with Gasteiger partial charge in [-0.1, -0.05) is 0 Å². The molecule has 1 amide bonds. The van der Waals surface area contributed by atoms with Crippen LogP contribution in [0, 0.1) is 0 Å². The Bertz CT molecular complexity index is 273. The minimum absolute atomic E-state index is 0.463. The van der Waals surface area contributed by atoms with Gasteiger partial charge in [0, 0.05) is 10.7 Å². The molecule has 5 heteroatoms. The third-order valence-corrected chi connectivity index (χ3v) is 1.61. The van der Waals surface area contributed by atoms with Crippen molar-refractivity contribution in [2.24, 2.45) is 0 Å². The summed E-state index contributed by atoms with van der Waals surface area (Å²) < 4.78 is 5.24. The van der Waals surface area contributed by atoms with Gasteiger partial charge >= 0.3 is 6.09 Å². The van der Waals surface area contributed by atoms with Gasteiger partial charge in [-0.15, -0.1) is 0 Å². The van der Waals surface area contributed by atoms with E-state index >= 15 is 0 Å². The molecular formula is C7H7BrN2O2. The van der Waals surface area contributed by atoms with Gasteiger partial charge in [-0.05, 0) is 28.1 Å². The van der Waals surface area contributed by atoms with Crippen molar-refractivity contribution in [1.29, 1.82) is 0 Å². The van der Waals surface area contributed by atoms with Crippen LogP contribution in [0.2, 0.25) is 0 Å². The van der Waals surface area contributed by atoms with E-state index in [-0.39, 0.29) is 0 Å². The number of hydrogen-bond acceptors (Lipinski definition) is 3. The summed E-state index contributed by atoms with van der Waals surface area (Å²) >= 11 is 3.22. The van der Waals surface area contributed by atoms with E-state index in [0.717, 1.165) is 4.47 Å². The van der Waals surface area contributed by atoms with Gasteiger partial charge < -0.3 is 4.74 Å². The third kappa shape index (κ3) is 2.50. The highest BCUT2D eigenvalue weighted by molar-refractivity contribution is 9.10. The van der Waals surface area contributed by atoms with Crippen molar-refractivity contribution in [1.82, 2.24) is 4.98 Å². The summed E-state index contributed by atoms with van der Waals surface area (Å²) in [6.45, 7) is 0. The quantitative estimate of drug-likeness (QED) is 0.804. The van der Waals surface area contributed by atoms with E-state index in [4.69, 9.17) is 0 Å². The molecule has 0 saturated carbocycles. The van der Waals surface area contributed by atoms with Crippen LogP contribution in [0.1, 0.15) is 0 Å². The fourth-order valence-electron chi connectivity index (χ4n) is 0.605. The molecule has 1 aromatic rings. The predicted molar refractivity (Wildman–Crippen MR) is 48.0 cm³/mol. The zero-order chi connectivity index (χ0) is 8.97. The van der Waals surface area contributed by atoms with Crippen molar-refractivity contribution in [3.8, 4) is 0 Å². The Labute approximate surface area is 78.1 Å². The van der Waals surface area contributed by atoms with Crippen LogP contribution >= 0.6 is 15.9 Å². The van der Waals surface area contributed by atoms with Crippen LogP contribution in [0.15, 0.2) is 22.8 Å². The van der Waals surface area contributed by atoms with Crippen molar-refractivity contribution in [2.75, 3.05) is 12.4 Å². The minimum Gasteiger partial charge on any atom is -0.453 e. The summed E-state index contributed by atoms with van der Waals surface area (Å²) in [5, 5.41) is 2.43. The van der Waals surface area contributed by atoms with E-state index in [1.54, 1.807) is 18.3 Å². The number of carbonyl (C=O) groups excluding carboxylic acids is 1. The molecule has 64 valence electrons. The van der Waals surface area contributed by atoms with Crippen molar-refractivity contribution >= 4 is 27.8 Å².